The number of methoxy groups -OCH3 is 1. The number of hydrogen-bond acceptors (Lipinski definition) is 6. The highest BCUT2D eigenvalue weighted by Crippen LogP contribution is 2.23. The van der Waals surface area contributed by atoms with Crippen LogP contribution < -0.4 is 15.6 Å². The fourth-order valence-electron chi connectivity index (χ4n) is 3.43. The van der Waals surface area contributed by atoms with Gasteiger partial charge in [-0.3, -0.25) is 14.0 Å². The summed E-state index contributed by atoms with van der Waals surface area (Å²) in [7, 11) is 1.59. The number of nitrogens with zero attached hydrogens (tertiary/aromatic N) is 4. The average Bonchev–Trinajstić information content (AvgIpc) is 3.44. The van der Waals surface area contributed by atoms with Crippen LogP contribution in [-0.4, -0.2) is 32.2 Å². The average molecular weight is 458 g/mol. The molecular formula is C24H19N5O3S. The molecule has 0 aliphatic heterocycles. The van der Waals surface area contributed by atoms with E-state index in [-0.39, 0.29) is 18.0 Å². The van der Waals surface area contributed by atoms with Crippen LogP contribution in [0.3, 0.4) is 0 Å². The molecule has 3 heterocycles. The van der Waals surface area contributed by atoms with E-state index in [0.29, 0.717) is 17.1 Å². The minimum Gasteiger partial charge on any atom is -0.497 e. The second-order valence-corrected chi connectivity index (χ2v) is 8.16. The van der Waals surface area contributed by atoms with Crippen LogP contribution in [0.25, 0.3) is 27.5 Å². The van der Waals surface area contributed by atoms with Crippen LogP contribution in [0.4, 0.5) is 5.69 Å². The zero-order chi connectivity index (χ0) is 22.8. The molecule has 5 aromatic rings. The molecule has 0 bridgehead atoms. The minimum absolute atomic E-state index is 0.199. The number of carbonyl (C=O) groups is 1. The van der Waals surface area contributed by atoms with Crippen molar-refractivity contribution in [3.63, 3.8) is 0 Å². The molecule has 9 heteroatoms. The second-order valence-electron chi connectivity index (χ2n) is 7.29. The number of nitrogens with one attached hydrogen (secondary N) is 1. The van der Waals surface area contributed by atoms with Gasteiger partial charge in [0.1, 0.15) is 12.3 Å². The van der Waals surface area contributed by atoms with Crippen LogP contribution in [0.2, 0.25) is 0 Å². The quantitative estimate of drug-likeness (QED) is 0.417. The number of fused-ring (bicyclic) bond motifs is 1. The van der Waals surface area contributed by atoms with Crippen molar-refractivity contribution in [3.8, 4) is 28.3 Å². The molecule has 3 aromatic heterocycles. The van der Waals surface area contributed by atoms with Crippen LogP contribution in [0.5, 0.6) is 5.75 Å². The maximum atomic E-state index is 12.6. The van der Waals surface area contributed by atoms with Crippen molar-refractivity contribution in [3.05, 3.63) is 88.8 Å². The predicted molar refractivity (Wildman–Crippen MR) is 128 cm³/mol. The van der Waals surface area contributed by atoms with Crippen molar-refractivity contribution in [1.82, 2.24) is 19.2 Å². The molecule has 0 saturated carbocycles. The molecule has 33 heavy (non-hydrogen) atoms. The van der Waals surface area contributed by atoms with Crippen molar-refractivity contribution in [2.75, 3.05) is 12.4 Å². The molecule has 0 radical (unpaired) electrons. The number of benzene rings is 2. The fraction of sp³-hybridized carbons (Fsp3) is 0.0833. The van der Waals surface area contributed by atoms with E-state index in [9.17, 15) is 9.59 Å². The molecule has 0 unspecified atom stereocenters. The van der Waals surface area contributed by atoms with E-state index in [0.717, 1.165) is 26.5 Å². The van der Waals surface area contributed by atoms with Gasteiger partial charge in [0.25, 0.3) is 5.56 Å². The minimum atomic E-state index is -0.355. The molecule has 0 saturated heterocycles. The standard InChI is InChI=1S/C24H19N5O3S/c1-32-19-4-2-3-17(13-19)20-9-10-23(31)29(27-20)15-22(30)25-18-7-5-16(6-8-18)21-14-28-11-12-33-24(28)26-21/h2-14H,15H2,1H3,(H,25,30). The number of rotatable bonds is 6. The van der Waals surface area contributed by atoms with Gasteiger partial charge in [0.05, 0.1) is 18.5 Å². The number of amides is 1. The first-order valence-electron chi connectivity index (χ1n) is 10.1. The third kappa shape index (κ3) is 4.39. The van der Waals surface area contributed by atoms with Crippen LogP contribution >= 0.6 is 11.3 Å². The van der Waals surface area contributed by atoms with Gasteiger partial charge in [0.2, 0.25) is 5.91 Å². The van der Waals surface area contributed by atoms with Gasteiger partial charge in [-0.2, -0.15) is 5.10 Å². The summed E-state index contributed by atoms with van der Waals surface area (Å²) in [5.41, 5.74) is 3.45. The monoisotopic (exact) mass is 457 g/mol. The van der Waals surface area contributed by atoms with Gasteiger partial charge >= 0.3 is 0 Å². The lowest BCUT2D eigenvalue weighted by molar-refractivity contribution is -0.117. The van der Waals surface area contributed by atoms with E-state index in [1.54, 1.807) is 24.5 Å². The SMILES string of the molecule is COc1cccc(-c2ccc(=O)n(CC(=O)Nc3ccc(-c4cn5ccsc5n4)cc3)n2)c1. The van der Waals surface area contributed by atoms with Crippen LogP contribution in [-0.2, 0) is 11.3 Å². The Morgan fingerprint density at radius 2 is 1.91 bits per heavy atom. The summed E-state index contributed by atoms with van der Waals surface area (Å²) < 4.78 is 8.37. The molecule has 5 rings (SSSR count). The molecule has 0 fully saturated rings. The van der Waals surface area contributed by atoms with Gasteiger partial charge in [0.15, 0.2) is 4.96 Å². The number of imidazole rings is 1. The lowest BCUT2D eigenvalue weighted by atomic mass is 10.1. The van der Waals surface area contributed by atoms with Gasteiger partial charge < -0.3 is 10.1 Å². The number of thiazole rings is 1. The zero-order valence-corrected chi connectivity index (χ0v) is 18.5. The molecule has 164 valence electrons. The second kappa shape index (κ2) is 8.71. The smallest absolute Gasteiger partial charge is 0.267 e. The van der Waals surface area contributed by atoms with Crippen molar-refractivity contribution in [1.29, 1.82) is 0 Å². The molecule has 1 N–H and O–H groups in total. The molecule has 1 amide bonds. The van der Waals surface area contributed by atoms with Crippen molar-refractivity contribution in [2.45, 2.75) is 6.54 Å². The van der Waals surface area contributed by atoms with E-state index in [2.05, 4.69) is 15.4 Å². The molecule has 0 aliphatic carbocycles. The number of anilines is 1. The van der Waals surface area contributed by atoms with Crippen LogP contribution in [0, 0.1) is 0 Å². The summed E-state index contributed by atoms with van der Waals surface area (Å²) in [6.07, 6.45) is 3.93. The predicted octanol–water partition coefficient (Wildman–Crippen LogP) is 3.93. The number of ether oxygens (including phenoxy) is 1. The van der Waals surface area contributed by atoms with E-state index in [1.807, 2.05) is 70.7 Å². The first-order valence-corrected chi connectivity index (χ1v) is 11.0. The Kier molecular flexibility index (Phi) is 5.45. The topological polar surface area (TPSA) is 90.5 Å². The number of hydrogen-bond donors (Lipinski definition) is 1. The Bertz CT molecular complexity index is 1470. The Balaban J connectivity index is 1.29. The third-order valence-corrected chi connectivity index (χ3v) is 5.85. The number of aromatic nitrogens is 4. The lowest BCUT2D eigenvalue weighted by Gasteiger charge is -2.09. The van der Waals surface area contributed by atoms with Gasteiger partial charge in [0, 0.05) is 40.7 Å². The molecule has 2 aromatic carbocycles. The summed E-state index contributed by atoms with van der Waals surface area (Å²) >= 11 is 1.57. The summed E-state index contributed by atoms with van der Waals surface area (Å²) in [6, 6.07) is 17.8. The van der Waals surface area contributed by atoms with Crippen molar-refractivity contribution >= 4 is 27.9 Å². The van der Waals surface area contributed by atoms with Crippen molar-refractivity contribution in [2.24, 2.45) is 0 Å². The van der Waals surface area contributed by atoms with Crippen LogP contribution in [0.15, 0.2) is 83.2 Å². The summed E-state index contributed by atoms with van der Waals surface area (Å²) in [4.78, 5) is 30.3. The van der Waals surface area contributed by atoms with E-state index in [1.165, 1.54) is 6.07 Å². The number of carbonyl (C=O) groups excluding carboxylic acids is 1. The van der Waals surface area contributed by atoms with Gasteiger partial charge in [-0.1, -0.05) is 24.3 Å². The molecule has 8 nitrogen and oxygen atoms in total. The maximum Gasteiger partial charge on any atom is 0.267 e. The highest BCUT2D eigenvalue weighted by atomic mass is 32.1. The molecule has 0 spiro atoms. The summed E-state index contributed by atoms with van der Waals surface area (Å²) in [5, 5.41) is 9.14. The Morgan fingerprint density at radius 1 is 1.06 bits per heavy atom. The molecule has 0 aliphatic rings. The normalized spacial score (nSPS) is 10.9. The van der Waals surface area contributed by atoms with E-state index < -0.39 is 0 Å². The van der Waals surface area contributed by atoms with Gasteiger partial charge in [-0.15, -0.1) is 11.3 Å². The highest BCUT2D eigenvalue weighted by Gasteiger charge is 2.10. The van der Waals surface area contributed by atoms with Crippen LogP contribution in [0.1, 0.15) is 0 Å². The first kappa shape index (κ1) is 20.7. The third-order valence-electron chi connectivity index (χ3n) is 5.08. The molecular weight excluding hydrogens is 438 g/mol. The van der Waals surface area contributed by atoms with Gasteiger partial charge in [-0.25, -0.2) is 9.67 Å². The van der Waals surface area contributed by atoms with E-state index >= 15 is 0 Å². The van der Waals surface area contributed by atoms with Gasteiger partial charge in [-0.05, 0) is 30.3 Å². The maximum absolute atomic E-state index is 12.6. The van der Waals surface area contributed by atoms with E-state index in [4.69, 9.17) is 4.74 Å². The molecule has 0 atom stereocenters. The Labute approximate surface area is 192 Å². The van der Waals surface area contributed by atoms with Crippen molar-refractivity contribution < 1.29 is 9.53 Å². The summed E-state index contributed by atoms with van der Waals surface area (Å²) in [5.74, 6) is 0.339. The Morgan fingerprint density at radius 3 is 2.70 bits per heavy atom. The first-order chi connectivity index (χ1) is 16.1. The fourth-order valence-corrected chi connectivity index (χ4v) is 4.13. The zero-order valence-electron chi connectivity index (χ0n) is 17.6. The lowest BCUT2D eigenvalue weighted by Crippen LogP contribution is -2.29. The highest BCUT2D eigenvalue weighted by molar-refractivity contribution is 7.15. The Hall–Kier alpha value is -4.24. The summed E-state index contributed by atoms with van der Waals surface area (Å²) in [6.45, 7) is -0.199. The largest absolute Gasteiger partial charge is 0.497 e.